The van der Waals surface area contributed by atoms with E-state index in [4.69, 9.17) is 11.6 Å². The highest BCUT2D eigenvalue weighted by atomic mass is 35.5. The molecule has 1 aromatic rings. The number of rotatable bonds is 5. The minimum atomic E-state index is -3.31. The van der Waals surface area contributed by atoms with Gasteiger partial charge in [-0.25, -0.2) is 8.42 Å². The fourth-order valence-corrected chi connectivity index (χ4v) is 3.31. The third-order valence-electron chi connectivity index (χ3n) is 2.30. The van der Waals surface area contributed by atoms with E-state index < -0.39 is 9.84 Å². The summed E-state index contributed by atoms with van der Waals surface area (Å²) >= 11 is 5.62. The summed E-state index contributed by atoms with van der Waals surface area (Å²) in [5.41, 5.74) is 0.576. The van der Waals surface area contributed by atoms with Crippen LogP contribution in [0.5, 0.6) is 0 Å². The Morgan fingerprint density at radius 1 is 1.33 bits per heavy atom. The number of carbonyl (C=O) groups is 1. The van der Waals surface area contributed by atoms with Gasteiger partial charge in [0.15, 0.2) is 9.84 Å². The van der Waals surface area contributed by atoms with E-state index in [0.717, 1.165) is 0 Å². The maximum Gasteiger partial charge on any atom is 0.221 e. The molecule has 0 bridgehead atoms. The van der Waals surface area contributed by atoms with Crippen molar-refractivity contribution in [3.63, 3.8) is 0 Å². The van der Waals surface area contributed by atoms with Crippen molar-refractivity contribution in [1.29, 1.82) is 0 Å². The van der Waals surface area contributed by atoms with Crippen molar-refractivity contribution in [2.75, 3.05) is 16.9 Å². The molecule has 0 aliphatic heterocycles. The molecule has 0 aliphatic carbocycles. The summed E-state index contributed by atoms with van der Waals surface area (Å²) < 4.78 is 24.0. The second-order valence-electron chi connectivity index (χ2n) is 4.25. The summed E-state index contributed by atoms with van der Waals surface area (Å²) in [5.74, 6) is 0.0483. The van der Waals surface area contributed by atoms with Gasteiger partial charge in [-0.1, -0.05) is 6.92 Å². The predicted molar refractivity (Wildman–Crippen MR) is 72.7 cm³/mol. The first kappa shape index (κ1) is 15.0. The molecule has 0 aromatic heterocycles. The van der Waals surface area contributed by atoms with Crippen LogP contribution in [0.3, 0.4) is 0 Å². The molecular formula is C12H16ClNO3S. The largest absolute Gasteiger partial charge is 0.326 e. The van der Waals surface area contributed by atoms with E-state index >= 15 is 0 Å². The van der Waals surface area contributed by atoms with Crippen LogP contribution in [0.1, 0.15) is 13.8 Å². The first-order valence-corrected chi connectivity index (χ1v) is 7.70. The van der Waals surface area contributed by atoms with Gasteiger partial charge >= 0.3 is 0 Å². The third kappa shape index (κ3) is 4.31. The summed E-state index contributed by atoms with van der Waals surface area (Å²) in [6.07, 6.45) is 0. The van der Waals surface area contributed by atoms with Crippen LogP contribution in [-0.2, 0) is 14.6 Å². The number of halogens is 1. The molecule has 0 aliphatic rings. The molecule has 1 rings (SSSR count). The molecule has 0 radical (unpaired) electrons. The standard InChI is InChI=1S/C12H16ClNO3S/c1-9(7-13)8-18(16,17)12-5-3-11(4-6-12)14-10(2)15/h3-6,9H,7-8H2,1-2H3,(H,14,15). The Balaban J connectivity index is 2.87. The van der Waals surface area contributed by atoms with Crippen molar-refractivity contribution in [3.05, 3.63) is 24.3 Å². The van der Waals surface area contributed by atoms with Crippen LogP contribution in [0.25, 0.3) is 0 Å². The predicted octanol–water partition coefficient (Wildman–Crippen LogP) is 2.29. The van der Waals surface area contributed by atoms with E-state index in [1.807, 2.05) is 0 Å². The number of carbonyl (C=O) groups excluding carboxylic acids is 1. The first-order valence-electron chi connectivity index (χ1n) is 5.51. The molecule has 100 valence electrons. The molecule has 6 heteroatoms. The second-order valence-corrected chi connectivity index (χ2v) is 6.59. The van der Waals surface area contributed by atoms with Crippen molar-refractivity contribution in [2.24, 2.45) is 5.92 Å². The van der Waals surface area contributed by atoms with Gasteiger partial charge in [-0.05, 0) is 30.2 Å². The van der Waals surface area contributed by atoms with Crippen molar-refractivity contribution in [3.8, 4) is 0 Å². The Labute approximate surface area is 112 Å². The molecule has 0 fully saturated rings. The van der Waals surface area contributed by atoms with Crippen LogP contribution in [0.2, 0.25) is 0 Å². The SMILES string of the molecule is CC(=O)Nc1ccc(S(=O)(=O)CC(C)CCl)cc1. The van der Waals surface area contributed by atoms with Crippen LogP contribution in [0, 0.1) is 5.92 Å². The maximum atomic E-state index is 12.0. The van der Waals surface area contributed by atoms with Gasteiger partial charge in [-0.2, -0.15) is 0 Å². The topological polar surface area (TPSA) is 63.2 Å². The highest BCUT2D eigenvalue weighted by Crippen LogP contribution is 2.17. The fraction of sp³-hybridized carbons (Fsp3) is 0.417. The van der Waals surface area contributed by atoms with Crippen LogP contribution in [0.4, 0.5) is 5.69 Å². The van der Waals surface area contributed by atoms with Crippen LogP contribution in [0.15, 0.2) is 29.2 Å². The molecule has 1 aromatic carbocycles. The fourth-order valence-electron chi connectivity index (χ4n) is 1.46. The summed E-state index contributed by atoms with van der Waals surface area (Å²) in [6.45, 7) is 3.18. The highest BCUT2D eigenvalue weighted by Gasteiger charge is 2.17. The zero-order valence-electron chi connectivity index (χ0n) is 10.3. The summed E-state index contributed by atoms with van der Waals surface area (Å²) in [4.78, 5) is 11.1. The molecule has 1 N–H and O–H groups in total. The molecule has 0 saturated carbocycles. The number of benzene rings is 1. The van der Waals surface area contributed by atoms with Crippen molar-refractivity contribution >= 4 is 33.0 Å². The van der Waals surface area contributed by atoms with Crippen LogP contribution >= 0.6 is 11.6 Å². The Hall–Kier alpha value is -1.07. The van der Waals surface area contributed by atoms with E-state index in [-0.39, 0.29) is 22.5 Å². The molecule has 0 heterocycles. The molecule has 18 heavy (non-hydrogen) atoms. The monoisotopic (exact) mass is 289 g/mol. The molecule has 0 spiro atoms. The van der Waals surface area contributed by atoms with Gasteiger partial charge < -0.3 is 5.32 Å². The van der Waals surface area contributed by atoms with Gasteiger partial charge in [0.05, 0.1) is 10.6 Å². The van der Waals surface area contributed by atoms with E-state index in [1.54, 1.807) is 19.1 Å². The summed E-state index contributed by atoms with van der Waals surface area (Å²) in [7, 11) is -3.31. The number of amides is 1. The van der Waals surface area contributed by atoms with Gasteiger partial charge in [0.25, 0.3) is 0 Å². The average Bonchev–Trinajstić information content (AvgIpc) is 2.28. The Kier molecular flexibility index (Phi) is 5.16. The first-order chi connectivity index (χ1) is 8.35. The minimum Gasteiger partial charge on any atom is -0.326 e. The summed E-state index contributed by atoms with van der Waals surface area (Å²) in [5, 5.41) is 2.58. The lowest BCUT2D eigenvalue weighted by Crippen LogP contribution is -2.15. The van der Waals surface area contributed by atoms with Gasteiger partial charge in [-0.3, -0.25) is 4.79 Å². The number of anilines is 1. The van der Waals surface area contributed by atoms with Crippen molar-refractivity contribution < 1.29 is 13.2 Å². The van der Waals surface area contributed by atoms with Crippen LogP contribution in [-0.4, -0.2) is 26.0 Å². The van der Waals surface area contributed by atoms with E-state index in [2.05, 4.69) is 5.32 Å². The van der Waals surface area contributed by atoms with Gasteiger partial charge in [0, 0.05) is 18.5 Å². The number of nitrogens with one attached hydrogen (secondary N) is 1. The summed E-state index contributed by atoms with van der Waals surface area (Å²) in [6, 6.07) is 6.11. The molecule has 4 nitrogen and oxygen atoms in total. The molecule has 0 saturated heterocycles. The van der Waals surface area contributed by atoms with Gasteiger partial charge in [-0.15, -0.1) is 11.6 Å². The number of sulfone groups is 1. The average molecular weight is 290 g/mol. The Morgan fingerprint density at radius 2 is 1.89 bits per heavy atom. The quantitative estimate of drug-likeness (QED) is 0.846. The lowest BCUT2D eigenvalue weighted by atomic mass is 10.3. The minimum absolute atomic E-state index is 0.0238. The normalized spacial score (nSPS) is 13.1. The van der Waals surface area contributed by atoms with Gasteiger partial charge in [0.1, 0.15) is 0 Å². The highest BCUT2D eigenvalue weighted by molar-refractivity contribution is 7.91. The molecule has 1 unspecified atom stereocenters. The van der Waals surface area contributed by atoms with E-state index in [1.165, 1.54) is 19.1 Å². The zero-order chi connectivity index (χ0) is 13.8. The second kappa shape index (κ2) is 6.20. The van der Waals surface area contributed by atoms with Crippen molar-refractivity contribution in [2.45, 2.75) is 18.7 Å². The molecule has 1 atom stereocenters. The van der Waals surface area contributed by atoms with E-state index in [9.17, 15) is 13.2 Å². The zero-order valence-corrected chi connectivity index (χ0v) is 11.9. The third-order valence-corrected chi connectivity index (χ3v) is 4.83. The van der Waals surface area contributed by atoms with Crippen molar-refractivity contribution in [1.82, 2.24) is 0 Å². The van der Waals surface area contributed by atoms with E-state index in [0.29, 0.717) is 11.6 Å². The lowest BCUT2D eigenvalue weighted by Gasteiger charge is -2.09. The lowest BCUT2D eigenvalue weighted by molar-refractivity contribution is -0.114. The van der Waals surface area contributed by atoms with Crippen LogP contribution < -0.4 is 5.32 Å². The Morgan fingerprint density at radius 3 is 2.33 bits per heavy atom. The van der Waals surface area contributed by atoms with Gasteiger partial charge in [0.2, 0.25) is 5.91 Å². The number of hydrogen-bond donors (Lipinski definition) is 1. The number of hydrogen-bond acceptors (Lipinski definition) is 3. The molecular weight excluding hydrogens is 274 g/mol. The Bertz CT molecular complexity index is 511. The number of alkyl halides is 1. The maximum absolute atomic E-state index is 12.0. The molecule has 1 amide bonds. The smallest absolute Gasteiger partial charge is 0.221 e.